The molecule has 0 saturated carbocycles. The van der Waals surface area contributed by atoms with Gasteiger partial charge >= 0.3 is 88.7 Å². The summed E-state index contributed by atoms with van der Waals surface area (Å²) < 4.78 is 0. The summed E-state index contributed by atoms with van der Waals surface area (Å²) >= 11 is 0. The molecule has 0 aliphatic heterocycles. The zero-order valence-electron chi connectivity index (χ0n) is 16.7. The second-order valence-electron chi connectivity index (χ2n) is 5.48. The largest absolute Gasteiger partial charge is 1.00 e. The third-order valence-electron chi connectivity index (χ3n) is 3.41. The summed E-state index contributed by atoms with van der Waals surface area (Å²) in [6, 6.07) is 7.30. The number of nitrogens with zero attached hydrogens (tertiary/aromatic N) is 2. The fourth-order valence-electron chi connectivity index (χ4n) is 2.28. The smallest absolute Gasteiger partial charge is 0.549 e. The first kappa shape index (κ1) is 32.9. The van der Waals surface area contributed by atoms with Gasteiger partial charge in [-0.2, -0.15) is 0 Å². The number of carboxylic acids is 3. The molecule has 0 spiro atoms. The molecule has 0 heterocycles. The van der Waals surface area contributed by atoms with Gasteiger partial charge in [-0.3, -0.25) is 9.80 Å². The molecular formula is C17H19N2Na3O6. The van der Waals surface area contributed by atoms with E-state index in [1.54, 1.807) is 6.08 Å². The number of benzene rings is 1. The summed E-state index contributed by atoms with van der Waals surface area (Å²) in [4.78, 5) is 34.9. The van der Waals surface area contributed by atoms with Crippen LogP contribution in [0.1, 0.15) is 11.1 Å². The third kappa shape index (κ3) is 15.2. The predicted octanol–water partition coefficient (Wildman–Crippen LogP) is -12.3. The number of hydrogen-bond acceptors (Lipinski definition) is 8. The first-order chi connectivity index (χ1) is 11.8. The van der Waals surface area contributed by atoms with Gasteiger partial charge in [-0.15, -0.1) is 0 Å². The van der Waals surface area contributed by atoms with Crippen molar-refractivity contribution < 1.29 is 118 Å². The summed E-state index contributed by atoms with van der Waals surface area (Å²) in [6.07, 6.45) is 1.68. The van der Waals surface area contributed by atoms with Crippen LogP contribution in [0.4, 0.5) is 0 Å². The molecule has 0 bridgehead atoms. The maximum atomic E-state index is 10.9. The van der Waals surface area contributed by atoms with Gasteiger partial charge in [0.25, 0.3) is 0 Å². The topological polar surface area (TPSA) is 127 Å². The molecule has 1 rings (SSSR count). The van der Waals surface area contributed by atoms with Crippen LogP contribution in [-0.4, -0.2) is 60.4 Å². The normalized spacial score (nSPS) is 9.64. The summed E-state index contributed by atoms with van der Waals surface area (Å²) in [7, 11) is 0. The summed E-state index contributed by atoms with van der Waals surface area (Å²) in [5, 5.41) is 32.3. The van der Waals surface area contributed by atoms with Crippen LogP contribution < -0.4 is 104 Å². The molecule has 1 aromatic rings. The van der Waals surface area contributed by atoms with E-state index in [-0.39, 0.29) is 115 Å². The number of rotatable bonds is 12. The van der Waals surface area contributed by atoms with Gasteiger partial charge in [0, 0.05) is 39.3 Å². The second kappa shape index (κ2) is 18.1. The van der Waals surface area contributed by atoms with Crippen molar-refractivity contribution in [2.45, 2.75) is 6.54 Å². The molecule has 0 aliphatic rings. The van der Waals surface area contributed by atoms with Gasteiger partial charge < -0.3 is 29.7 Å². The monoisotopic (exact) mass is 416 g/mol. The first-order valence-corrected chi connectivity index (χ1v) is 7.55. The minimum Gasteiger partial charge on any atom is -0.549 e. The van der Waals surface area contributed by atoms with E-state index in [1.165, 1.54) is 4.90 Å². The number of carboxylic acid groups (broad SMARTS) is 3. The van der Waals surface area contributed by atoms with E-state index in [1.807, 2.05) is 24.3 Å². The number of carbonyl (C=O) groups excluding carboxylic acids is 3. The van der Waals surface area contributed by atoms with E-state index in [4.69, 9.17) is 0 Å². The Bertz CT molecular complexity index is 612. The molecule has 0 amide bonds. The van der Waals surface area contributed by atoms with Crippen LogP contribution >= 0.6 is 0 Å². The maximum Gasteiger partial charge on any atom is 1.00 e. The van der Waals surface area contributed by atoms with Crippen molar-refractivity contribution in [2.75, 3.05) is 32.7 Å². The van der Waals surface area contributed by atoms with Gasteiger partial charge in [0.1, 0.15) is 0 Å². The molecule has 0 atom stereocenters. The van der Waals surface area contributed by atoms with E-state index >= 15 is 0 Å². The van der Waals surface area contributed by atoms with Crippen molar-refractivity contribution in [1.82, 2.24) is 9.80 Å². The fourth-order valence-corrected chi connectivity index (χ4v) is 2.28. The van der Waals surface area contributed by atoms with Gasteiger partial charge in [-0.1, -0.05) is 36.9 Å². The van der Waals surface area contributed by atoms with Crippen molar-refractivity contribution >= 4 is 24.0 Å². The van der Waals surface area contributed by atoms with E-state index in [0.29, 0.717) is 0 Å². The van der Waals surface area contributed by atoms with E-state index in [2.05, 4.69) is 6.58 Å². The average Bonchev–Trinajstić information content (AvgIpc) is 2.51. The van der Waals surface area contributed by atoms with Gasteiger partial charge in [0.15, 0.2) is 0 Å². The summed E-state index contributed by atoms with van der Waals surface area (Å²) in [6.45, 7) is 2.57. The molecule has 28 heavy (non-hydrogen) atoms. The third-order valence-corrected chi connectivity index (χ3v) is 3.41. The Labute approximate surface area is 230 Å². The van der Waals surface area contributed by atoms with Gasteiger partial charge in [-0.25, -0.2) is 0 Å². The Morgan fingerprint density at radius 3 is 1.57 bits per heavy atom. The van der Waals surface area contributed by atoms with E-state index in [9.17, 15) is 29.7 Å². The molecule has 1 aromatic carbocycles. The minimum atomic E-state index is -1.42. The Balaban J connectivity index is -0.00000208. The van der Waals surface area contributed by atoms with Crippen LogP contribution in [0.15, 0.2) is 30.8 Å². The van der Waals surface area contributed by atoms with Crippen molar-refractivity contribution in [3.05, 3.63) is 42.0 Å². The minimum absolute atomic E-state index is 0. The van der Waals surface area contributed by atoms with Crippen LogP contribution in [0.3, 0.4) is 0 Å². The molecule has 0 saturated heterocycles. The van der Waals surface area contributed by atoms with Crippen molar-refractivity contribution in [3.63, 3.8) is 0 Å². The molecule has 136 valence electrons. The van der Waals surface area contributed by atoms with Crippen LogP contribution in [0.5, 0.6) is 0 Å². The Hall–Kier alpha value is 0.290. The molecule has 11 heteroatoms. The van der Waals surface area contributed by atoms with Crippen LogP contribution in [0, 0.1) is 0 Å². The molecule has 0 aromatic heterocycles. The van der Waals surface area contributed by atoms with Crippen molar-refractivity contribution in [1.29, 1.82) is 0 Å². The Morgan fingerprint density at radius 1 is 0.786 bits per heavy atom. The standard InChI is InChI=1S/C17H22N2O6.3Na/c1-2-13-3-5-14(6-4-13)9-18(10-15(20)21)7-8-19(11-16(22)23)12-17(24)25;;;/h2-6H,1,7-12H2,(H,20,21)(H,22,23)(H,24,25);;;/q;3*+1/p-3. The zero-order chi connectivity index (χ0) is 18.8. The number of hydrogen-bond donors (Lipinski definition) is 0. The molecule has 0 N–H and O–H groups in total. The van der Waals surface area contributed by atoms with Crippen molar-refractivity contribution in [3.8, 4) is 0 Å². The van der Waals surface area contributed by atoms with E-state index in [0.717, 1.165) is 16.0 Å². The molecule has 8 nitrogen and oxygen atoms in total. The molecule has 0 radical (unpaired) electrons. The second-order valence-corrected chi connectivity index (χ2v) is 5.48. The van der Waals surface area contributed by atoms with E-state index < -0.39 is 31.0 Å². The zero-order valence-corrected chi connectivity index (χ0v) is 22.7. The summed E-state index contributed by atoms with van der Waals surface area (Å²) in [5.74, 6) is -4.13. The van der Waals surface area contributed by atoms with Crippen LogP contribution in [0.25, 0.3) is 6.08 Å². The SMILES string of the molecule is C=Cc1ccc(CN(CCN(CC(=O)[O-])CC(=O)[O-])CC(=O)[O-])cc1.[Na+].[Na+].[Na+]. The number of carbonyl (C=O) groups is 3. The van der Waals surface area contributed by atoms with Crippen LogP contribution in [0.2, 0.25) is 0 Å². The Kier molecular flexibility index (Phi) is 21.3. The van der Waals surface area contributed by atoms with Crippen LogP contribution in [-0.2, 0) is 20.9 Å². The van der Waals surface area contributed by atoms with Gasteiger partial charge in [0.2, 0.25) is 0 Å². The van der Waals surface area contributed by atoms with Gasteiger partial charge in [-0.05, 0) is 11.1 Å². The Morgan fingerprint density at radius 2 is 1.18 bits per heavy atom. The maximum absolute atomic E-state index is 10.9. The molecule has 0 unspecified atom stereocenters. The fraction of sp³-hybridized carbons (Fsp3) is 0.353. The average molecular weight is 416 g/mol. The predicted molar refractivity (Wildman–Crippen MR) is 83.3 cm³/mol. The molecule has 0 fully saturated rings. The molecule has 0 aliphatic carbocycles. The van der Waals surface area contributed by atoms with Crippen molar-refractivity contribution in [2.24, 2.45) is 0 Å². The molecular weight excluding hydrogens is 397 g/mol. The summed E-state index contributed by atoms with van der Waals surface area (Å²) in [5.41, 5.74) is 1.77. The number of aliphatic carboxylic acids is 3. The van der Waals surface area contributed by atoms with Gasteiger partial charge in [0.05, 0.1) is 17.9 Å². The quantitative estimate of drug-likeness (QED) is 0.308. The first-order valence-electron chi connectivity index (χ1n) is 7.55.